The quantitative estimate of drug-likeness (QED) is 0.331. The Hall–Kier alpha value is -1.34. The first-order valence-electron chi connectivity index (χ1n) is 6.84. The average molecular weight is 333 g/mol. The van der Waals surface area contributed by atoms with Gasteiger partial charge in [0.15, 0.2) is 6.07 Å². The Bertz CT molecular complexity index is 409. The summed E-state index contributed by atoms with van der Waals surface area (Å²) in [7, 11) is 1.63. The highest BCUT2D eigenvalue weighted by Crippen LogP contribution is 2.11. The van der Waals surface area contributed by atoms with Crippen LogP contribution in [0.15, 0.2) is 24.3 Å². The highest BCUT2D eigenvalue weighted by Gasteiger charge is 2.01. The van der Waals surface area contributed by atoms with Gasteiger partial charge in [-0.2, -0.15) is 0 Å². The van der Waals surface area contributed by atoms with Crippen LogP contribution >= 0.6 is 11.6 Å². The maximum absolute atomic E-state index is 10.9. The minimum atomic E-state index is -0.488. The largest absolute Gasteiger partial charge is 0.497 e. The highest BCUT2D eigenvalue weighted by atomic mass is 35.5. The number of hydrogen-bond acceptors (Lipinski definition) is 6. The van der Waals surface area contributed by atoms with E-state index in [1.165, 1.54) is 0 Å². The lowest BCUT2D eigenvalue weighted by molar-refractivity contribution is -0.147. The van der Waals surface area contributed by atoms with Crippen molar-refractivity contribution in [1.82, 2.24) is 0 Å². The van der Waals surface area contributed by atoms with Gasteiger partial charge in [-0.1, -0.05) is 23.7 Å². The molecule has 0 heterocycles. The summed E-state index contributed by atoms with van der Waals surface area (Å²) in [6.45, 7) is 2.06. The van der Waals surface area contributed by atoms with Crippen molar-refractivity contribution in [3.63, 3.8) is 0 Å². The van der Waals surface area contributed by atoms with Crippen molar-refractivity contribution in [2.75, 3.05) is 46.2 Å². The normalized spacial score (nSPS) is 10.5. The van der Waals surface area contributed by atoms with E-state index in [1.807, 2.05) is 24.3 Å². The zero-order valence-corrected chi connectivity index (χ0v) is 13.3. The van der Waals surface area contributed by atoms with Crippen molar-refractivity contribution >= 4 is 17.6 Å². The number of halogens is 1. The second-order valence-corrected chi connectivity index (χ2v) is 4.41. The standard InChI is InChI=1S/C15H21ClO6/c1-18-14-4-2-13(3-5-14)10-20-8-6-19-7-9-21-11-15(17)22-12-16/h2-5H,6-12H2,1H3. The molecule has 1 aromatic rings. The first kappa shape index (κ1) is 18.7. The van der Waals surface area contributed by atoms with E-state index in [0.717, 1.165) is 11.3 Å². The molecule has 1 aromatic carbocycles. The fourth-order valence-corrected chi connectivity index (χ4v) is 1.63. The number of benzene rings is 1. The van der Waals surface area contributed by atoms with Crippen molar-refractivity contribution in [3.8, 4) is 5.75 Å². The summed E-state index contributed by atoms with van der Waals surface area (Å²) in [6.07, 6.45) is 0. The fraction of sp³-hybridized carbons (Fsp3) is 0.533. The Morgan fingerprint density at radius 2 is 1.64 bits per heavy atom. The predicted octanol–water partition coefficient (Wildman–Crippen LogP) is 1.98. The molecule has 1 rings (SSSR count). The molecule has 0 amide bonds. The molecular weight excluding hydrogens is 312 g/mol. The number of carbonyl (C=O) groups is 1. The maximum Gasteiger partial charge on any atom is 0.333 e. The minimum absolute atomic E-state index is 0.121. The first-order valence-corrected chi connectivity index (χ1v) is 7.37. The average Bonchev–Trinajstić information content (AvgIpc) is 2.54. The van der Waals surface area contributed by atoms with E-state index in [2.05, 4.69) is 4.74 Å². The summed E-state index contributed by atoms with van der Waals surface area (Å²) in [5.41, 5.74) is 1.07. The molecular formula is C15H21ClO6. The molecule has 0 unspecified atom stereocenters. The van der Waals surface area contributed by atoms with Gasteiger partial charge in [0.05, 0.1) is 40.1 Å². The van der Waals surface area contributed by atoms with Gasteiger partial charge < -0.3 is 23.7 Å². The van der Waals surface area contributed by atoms with E-state index in [1.54, 1.807) is 7.11 Å². The number of ether oxygens (including phenoxy) is 5. The molecule has 0 aliphatic carbocycles. The van der Waals surface area contributed by atoms with Crippen molar-refractivity contribution in [2.45, 2.75) is 6.61 Å². The van der Waals surface area contributed by atoms with Crippen molar-refractivity contribution in [2.24, 2.45) is 0 Å². The number of methoxy groups -OCH3 is 1. The number of esters is 1. The van der Waals surface area contributed by atoms with E-state index < -0.39 is 5.97 Å². The van der Waals surface area contributed by atoms with Crippen LogP contribution in [0.25, 0.3) is 0 Å². The Morgan fingerprint density at radius 1 is 1.00 bits per heavy atom. The lowest BCUT2D eigenvalue weighted by Gasteiger charge is -2.07. The van der Waals surface area contributed by atoms with E-state index in [4.69, 9.17) is 30.5 Å². The van der Waals surface area contributed by atoms with Crippen LogP contribution in [-0.4, -0.2) is 52.2 Å². The third-order valence-electron chi connectivity index (χ3n) is 2.61. The predicted molar refractivity (Wildman–Crippen MR) is 81.1 cm³/mol. The van der Waals surface area contributed by atoms with Crippen molar-refractivity contribution in [3.05, 3.63) is 29.8 Å². The summed E-state index contributed by atoms with van der Waals surface area (Å²) < 4.78 is 25.4. The maximum atomic E-state index is 10.9. The summed E-state index contributed by atoms with van der Waals surface area (Å²) in [5, 5.41) is 0. The first-order chi connectivity index (χ1) is 10.8. The molecule has 0 atom stereocenters. The molecule has 0 radical (unpaired) electrons. The van der Waals surface area contributed by atoms with Gasteiger partial charge in [-0.15, -0.1) is 0 Å². The van der Waals surface area contributed by atoms with Crippen LogP contribution in [0.1, 0.15) is 5.56 Å². The Balaban J connectivity index is 1.92. The molecule has 0 fully saturated rings. The third-order valence-corrected chi connectivity index (χ3v) is 2.72. The number of carbonyl (C=O) groups excluding carboxylic acids is 1. The summed E-state index contributed by atoms with van der Waals surface area (Å²) in [6, 6.07) is 7.52. The lowest BCUT2D eigenvalue weighted by Crippen LogP contribution is -2.15. The van der Waals surface area contributed by atoms with Crippen LogP contribution in [0.3, 0.4) is 0 Å². The van der Waals surface area contributed by atoms with Crippen LogP contribution in [0.5, 0.6) is 5.75 Å². The second kappa shape index (κ2) is 12.2. The van der Waals surface area contributed by atoms with E-state index in [-0.39, 0.29) is 12.7 Å². The van der Waals surface area contributed by atoms with Crippen LogP contribution in [0.2, 0.25) is 0 Å². The van der Waals surface area contributed by atoms with Crippen LogP contribution in [-0.2, 0) is 30.3 Å². The van der Waals surface area contributed by atoms with Crippen LogP contribution in [0, 0.1) is 0 Å². The van der Waals surface area contributed by atoms with E-state index >= 15 is 0 Å². The van der Waals surface area contributed by atoms with Gasteiger partial charge in [0.2, 0.25) is 0 Å². The summed E-state index contributed by atoms with van der Waals surface area (Å²) >= 11 is 5.22. The van der Waals surface area contributed by atoms with Crippen LogP contribution in [0.4, 0.5) is 0 Å². The minimum Gasteiger partial charge on any atom is -0.497 e. The Morgan fingerprint density at radius 3 is 2.27 bits per heavy atom. The topological polar surface area (TPSA) is 63.2 Å². The third kappa shape index (κ3) is 8.84. The van der Waals surface area contributed by atoms with Gasteiger partial charge in [0.1, 0.15) is 12.4 Å². The smallest absolute Gasteiger partial charge is 0.333 e. The van der Waals surface area contributed by atoms with Gasteiger partial charge in [-0.3, -0.25) is 0 Å². The van der Waals surface area contributed by atoms with Gasteiger partial charge in [0, 0.05) is 0 Å². The monoisotopic (exact) mass is 332 g/mol. The molecule has 124 valence electrons. The molecule has 7 heteroatoms. The van der Waals surface area contributed by atoms with Crippen LogP contribution < -0.4 is 4.74 Å². The molecule has 0 aromatic heterocycles. The number of hydrogen-bond donors (Lipinski definition) is 0. The zero-order chi connectivity index (χ0) is 16.0. The molecule has 0 saturated heterocycles. The van der Waals surface area contributed by atoms with Gasteiger partial charge >= 0.3 is 5.97 Å². The molecule has 0 bridgehead atoms. The van der Waals surface area contributed by atoms with Crippen molar-refractivity contribution < 1.29 is 28.5 Å². The highest BCUT2D eigenvalue weighted by molar-refractivity contribution is 6.17. The summed E-state index contributed by atoms with van der Waals surface area (Å²) in [5.74, 6) is 0.333. The second-order valence-electron chi connectivity index (χ2n) is 4.19. The molecule has 0 N–H and O–H groups in total. The molecule has 0 saturated carbocycles. The summed E-state index contributed by atoms with van der Waals surface area (Å²) in [4.78, 5) is 10.9. The molecule has 0 spiro atoms. The Kier molecular flexibility index (Phi) is 10.4. The SMILES string of the molecule is COc1ccc(COCCOCCOCC(=O)OCCl)cc1. The van der Waals surface area contributed by atoms with Crippen molar-refractivity contribution in [1.29, 1.82) is 0 Å². The molecule has 22 heavy (non-hydrogen) atoms. The Labute approximate surface area is 135 Å². The van der Waals surface area contributed by atoms with E-state index in [9.17, 15) is 4.79 Å². The molecule has 0 aliphatic heterocycles. The van der Waals surface area contributed by atoms with Gasteiger partial charge in [-0.05, 0) is 17.7 Å². The lowest BCUT2D eigenvalue weighted by atomic mass is 10.2. The number of alkyl halides is 1. The molecule has 6 nitrogen and oxygen atoms in total. The number of rotatable bonds is 12. The molecule has 0 aliphatic rings. The zero-order valence-electron chi connectivity index (χ0n) is 12.6. The van der Waals surface area contributed by atoms with Gasteiger partial charge in [-0.25, -0.2) is 4.79 Å². The van der Waals surface area contributed by atoms with E-state index in [0.29, 0.717) is 33.0 Å². The fourth-order valence-electron chi connectivity index (χ4n) is 1.51. The van der Waals surface area contributed by atoms with Gasteiger partial charge in [0.25, 0.3) is 0 Å².